The fourth-order valence-corrected chi connectivity index (χ4v) is 7.33. The van der Waals surface area contributed by atoms with Crippen molar-refractivity contribution in [3.05, 3.63) is 59.2 Å². The van der Waals surface area contributed by atoms with E-state index in [-0.39, 0.29) is 30.9 Å². The molecule has 1 unspecified atom stereocenters. The van der Waals surface area contributed by atoms with E-state index in [1.807, 2.05) is 30.0 Å². The number of nitrogens with zero attached hydrogens (tertiary/aromatic N) is 3. The summed E-state index contributed by atoms with van der Waals surface area (Å²) in [4.78, 5) is 68.8. The van der Waals surface area contributed by atoms with Gasteiger partial charge in [-0.05, 0) is 92.8 Å². The van der Waals surface area contributed by atoms with Crippen molar-refractivity contribution in [2.45, 2.75) is 58.0 Å². The van der Waals surface area contributed by atoms with E-state index < -0.39 is 29.7 Å². The van der Waals surface area contributed by atoms with Gasteiger partial charge in [-0.15, -0.1) is 0 Å². The zero-order chi connectivity index (χ0) is 30.8. The van der Waals surface area contributed by atoms with Gasteiger partial charge in [0.15, 0.2) is 0 Å². The standard InChI is InChI=1S/C34H40N4O6/c1-2-44-21-30(40)37-17-13-24(14-18-37)23-11-15-36(16-12-23)20-22-5-3-6-25(19-22)26-7-4-8-27-31(26)34(43)38(33(27)42)28-9-10-29(39)35-32(28)41/h3-8,19,23-24,28H,2,9-18,20-21H2,1H3,(H,35,39,41). The first kappa shape index (κ1) is 30.1. The third-order valence-corrected chi connectivity index (χ3v) is 9.73. The number of nitrogens with one attached hydrogen (secondary N) is 1. The van der Waals surface area contributed by atoms with Crippen molar-refractivity contribution in [3.63, 3.8) is 0 Å². The van der Waals surface area contributed by atoms with Crippen LogP contribution in [0.25, 0.3) is 11.1 Å². The summed E-state index contributed by atoms with van der Waals surface area (Å²) in [5.41, 5.74) is 3.26. The minimum atomic E-state index is -0.988. The number of benzene rings is 2. The van der Waals surface area contributed by atoms with Gasteiger partial charge < -0.3 is 9.64 Å². The molecule has 1 atom stereocenters. The van der Waals surface area contributed by atoms with Gasteiger partial charge in [-0.2, -0.15) is 0 Å². The van der Waals surface area contributed by atoms with Crippen LogP contribution in [-0.2, 0) is 25.7 Å². The van der Waals surface area contributed by atoms with E-state index in [1.165, 1.54) is 0 Å². The summed E-state index contributed by atoms with van der Waals surface area (Å²) >= 11 is 0. The summed E-state index contributed by atoms with van der Waals surface area (Å²) in [5, 5.41) is 2.25. The second kappa shape index (κ2) is 13.0. The van der Waals surface area contributed by atoms with E-state index >= 15 is 0 Å². The molecule has 10 heteroatoms. The van der Waals surface area contributed by atoms with Crippen LogP contribution in [0, 0.1) is 11.8 Å². The van der Waals surface area contributed by atoms with Gasteiger partial charge in [0, 0.05) is 32.7 Å². The average Bonchev–Trinajstić information content (AvgIpc) is 3.29. The van der Waals surface area contributed by atoms with E-state index in [0.29, 0.717) is 29.6 Å². The van der Waals surface area contributed by atoms with Crippen molar-refractivity contribution in [2.75, 3.05) is 39.4 Å². The van der Waals surface area contributed by atoms with Crippen molar-refractivity contribution in [1.29, 1.82) is 0 Å². The Morgan fingerprint density at radius 3 is 2.25 bits per heavy atom. The Bertz CT molecular complexity index is 1460. The predicted octanol–water partition coefficient (Wildman–Crippen LogP) is 3.24. The molecular formula is C34H40N4O6. The molecule has 10 nitrogen and oxygen atoms in total. The molecule has 2 aromatic rings. The highest BCUT2D eigenvalue weighted by atomic mass is 16.5. The Labute approximate surface area is 257 Å². The minimum Gasteiger partial charge on any atom is -0.372 e. The number of piperidine rings is 3. The zero-order valence-electron chi connectivity index (χ0n) is 25.3. The van der Waals surface area contributed by atoms with E-state index in [9.17, 15) is 24.0 Å². The summed E-state index contributed by atoms with van der Waals surface area (Å²) in [6.07, 6.45) is 4.64. The van der Waals surface area contributed by atoms with Crippen LogP contribution in [0.5, 0.6) is 0 Å². The van der Waals surface area contributed by atoms with Gasteiger partial charge >= 0.3 is 0 Å². The molecule has 0 spiro atoms. The molecule has 3 fully saturated rings. The maximum Gasteiger partial charge on any atom is 0.262 e. The van der Waals surface area contributed by atoms with Gasteiger partial charge in [0.2, 0.25) is 17.7 Å². The van der Waals surface area contributed by atoms with E-state index in [1.54, 1.807) is 12.1 Å². The Balaban J connectivity index is 1.08. The topological polar surface area (TPSA) is 116 Å². The zero-order valence-corrected chi connectivity index (χ0v) is 25.3. The van der Waals surface area contributed by atoms with Crippen LogP contribution >= 0.6 is 0 Å². The van der Waals surface area contributed by atoms with Crippen LogP contribution in [0.2, 0.25) is 0 Å². The SMILES string of the molecule is CCOCC(=O)N1CCC(C2CCN(Cc3cccc(-c4cccc5c4C(=O)N(C4CCC(=O)NC4=O)C5=O)c3)CC2)CC1. The monoisotopic (exact) mass is 600 g/mol. The van der Waals surface area contributed by atoms with Crippen LogP contribution in [0.1, 0.15) is 71.7 Å². The Kier molecular flexibility index (Phi) is 8.91. The number of carbonyl (C=O) groups excluding carboxylic acids is 5. The number of rotatable bonds is 8. The molecular weight excluding hydrogens is 560 g/mol. The molecule has 4 aliphatic rings. The van der Waals surface area contributed by atoms with Crippen molar-refractivity contribution in [2.24, 2.45) is 11.8 Å². The Morgan fingerprint density at radius 2 is 1.55 bits per heavy atom. The third-order valence-electron chi connectivity index (χ3n) is 9.73. The highest BCUT2D eigenvalue weighted by Gasteiger charge is 2.45. The lowest BCUT2D eigenvalue weighted by Crippen LogP contribution is -2.54. The van der Waals surface area contributed by atoms with Gasteiger partial charge in [0.1, 0.15) is 12.6 Å². The van der Waals surface area contributed by atoms with Gasteiger partial charge in [0.25, 0.3) is 11.8 Å². The summed E-state index contributed by atoms with van der Waals surface area (Å²) in [6.45, 7) is 7.14. The van der Waals surface area contributed by atoms with Crippen molar-refractivity contribution < 1.29 is 28.7 Å². The van der Waals surface area contributed by atoms with Gasteiger partial charge in [-0.3, -0.25) is 39.1 Å². The lowest BCUT2D eigenvalue weighted by atomic mass is 9.78. The summed E-state index contributed by atoms with van der Waals surface area (Å²) in [5.74, 6) is -0.542. The first-order chi connectivity index (χ1) is 21.3. The number of ether oxygens (including phenoxy) is 1. The number of imide groups is 2. The predicted molar refractivity (Wildman–Crippen MR) is 162 cm³/mol. The molecule has 3 saturated heterocycles. The molecule has 5 amide bonds. The van der Waals surface area contributed by atoms with E-state index in [4.69, 9.17) is 4.74 Å². The van der Waals surface area contributed by atoms with E-state index in [2.05, 4.69) is 22.3 Å². The number of fused-ring (bicyclic) bond motifs is 1. The second-order valence-corrected chi connectivity index (χ2v) is 12.3. The Morgan fingerprint density at radius 1 is 0.864 bits per heavy atom. The smallest absolute Gasteiger partial charge is 0.262 e. The molecule has 4 aliphatic heterocycles. The minimum absolute atomic E-state index is 0.0885. The molecule has 0 aromatic heterocycles. The lowest BCUT2D eigenvalue weighted by molar-refractivity contribution is -0.138. The quantitative estimate of drug-likeness (QED) is 0.463. The van der Waals surface area contributed by atoms with Gasteiger partial charge in [0.05, 0.1) is 11.1 Å². The maximum atomic E-state index is 13.6. The van der Waals surface area contributed by atoms with Crippen LogP contribution in [0.3, 0.4) is 0 Å². The average molecular weight is 601 g/mol. The van der Waals surface area contributed by atoms with Crippen molar-refractivity contribution >= 4 is 29.5 Å². The summed E-state index contributed by atoms with van der Waals surface area (Å²) in [7, 11) is 0. The van der Waals surface area contributed by atoms with Crippen molar-refractivity contribution in [3.8, 4) is 11.1 Å². The van der Waals surface area contributed by atoms with E-state index in [0.717, 1.165) is 74.4 Å². The molecule has 0 aliphatic carbocycles. The highest BCUT2D eigenvalue weighted by molar-refractivity contribution is 6.25. The molecule has 232 valence electrons. The highest BCUT2D eigenvalue weighted by Crippen LogP contribution is 2.36. The summed E-state index contributed by atoms with van der Waals surface area (Å²) < 4.78 is 5.30. The fraction of sp³-hybridized carbons (Fsp3) is 0.500. The molecule has 4 heterocycles. The van der Waals surface area contributed by atoms with Gasteiger partial charge in [-0.1, -0.05) is 30.3 Å². The fourth-order valence-electron chi connectivity index (χ4n) is 7.33. The van der Waals surface area contributed by atoms with Crippen LogP contribution in [0.4, 0.5) is 0 Å². The molecule has 0 radical (unpaired) electrons. The Hall–Kier alpha value is -3.89. The number of amides is 5. The molecule has 6 rings (SSSR count). The third kappa shape index (κ3) is 6.05. The lowest BCUT2D eigenvalue weighted by Gasteiger charge is -2.40. The number of hydrogen-bond acceptors (Lipinski definition) is 7. The van der Waals surface area contributed by atoms with Crippen LogP contribution in [-0.4, -0.2) is 89.7 Å². The largest absolute Gasteiger partial charge is 0.372 e. The number of hydrogen-bond donors (Lipinski definition) is 1. The normalized spacial score (nSPS) is 22.0. The van der Waals surface area contributed by atoms with Crippen LogP contribution < -0.4 is 5.32 Å². The molecule has 44 heavy (non-hydrogen) atoms. The first-order valence-corrected chi connectivity index (χ1v) is 15.9. The molecule has 2 aromatic carbocycles. The van der Waals surface area contributed by atoms with Crippen LogP contribution in [0.15, 0.2) is 42.5 Å². The molecule has 0 saturated carbocycles. The molecule has 0 bridgehead atoms. The van der Waals surface area contributed by atoms with Crippen molar-refractivity contribution in [1.82, 2.24) is 20.0 Å². The number of likely N-dealkylation sites (tertiary alicyclic amines) is 2. The first-order valence-electron chi connectivity index (χ1n) is 15.9. The molecule has 1 N–H and O–H groups in total. The maximum absolute atomic E-state index is 13.6. The van der Waals surface area contributed by atoms with Gasteiger partial charge in [-0.25, -0.2) is 0 Å². The summed E-state index contributed by atoms with van der Waals surface area (Å²) in [6, 6.07) is 12.4. The second-order valence-electron chi connectivity index (χ2n) is 12.3. The number of carbonyl (C=O) groups is 5.